The number of aliphatic imine (C=N–C) groups is 1. The summed E-state index contributed by atoms with van der Waals surface area (Å²) < 4.78 is 7.46. The van der Waals surface area contributed by atoms with Gasteiger partial charge in [-0.2, -0.15) is 0 Å². The van der Waals surface area contributed by atoms with Gasteiger partial charge in [0.1, 0.15) is 12.4 Å². The Labute approximate surface area is 228 Å². The van der Waals surface area contributed by atoms with Crippen molar-refractivity contribution in [3.8, 4) is 5.75 Å². The molecule has 0 aromatic heterocycles. The highest BCUT2D eigenvalue weighted by atomic mass is 79.9. The van der Waals surface area contributed by atoms with Crippen LogP contribution < -0.4 is 9.64 Å². The molecule has 0 aliphatic carbocycles. The fourth-order valence-corrected chi connectivity index (χ4v) is 5.73. The highest BCUT2D eigenvalue weighted by Crippen LogP contribution is 2.40. The molecular formula is C25H16Br2Cl2N2O2S. The van der Waals surface area contributed by atoms with Gasteiger partial charge in [-0.15, -0.1) is 0 Å². The summed E-state index contributed by atoms with van der Waals surface area (Å²) in [7, 11) is 0. The third kappa shape index (κ3) is 5.78. The second kappa shape index (κ2) is 11.1. The van der Waals surface area contributed by atoms with Gasteiger partial charge >= 0.3 is 0 Å². The van der Waals surface area contributed by atoms with Crippen LogP contribution in [-0.4, -0.2) is 17.7 Å². The maximum absolute atomic E-state index is 13.6. The largest absolute Gasteiger partial charge is 0.488 e. The summed E-state index contributed by atoms with van der Waals surface area (Å²) in [5.74, 6) is 0.413. The quantitative estimate of drug-likeness (QED) is 0.200. The van der Waals surface area contributed by atoms with Crippen LogP contribution >= 0.6 is 66.8 Å². The van der Waals surface area contributed by atoms with E-state index in [4.69, 9.17) is 32.9 Å². The maximum Gasteiger partial charge on any atom is 0.271 e. The van der Waals surface area contributed by atoms with Gasteiger partial charge in [-0.05, 0) is 94.4 Å². The van der Waals surface area contributed by atoms with E-state index in [0.717, 1.165) is 14.5 Å². The molecule has 0 unspecified atom stereocenters. The molecule has 34 heavy (non-hydrogen) atoms. The number of halogens is 4. The molecule has 1 aliphatic heterocycles. The lowest BCUT2D eigenvalue weighted by Crippen LogP contribution is -2.28. The highest BCUT2D eigenvalue weighted by molar-refractivity contribution is 9.11. The van der Waals surface area contributed by atoms with E-state index in [1.165, 1.54) is 11.8 Å². The van der Waals surface area contributed by atoms with E-state index >= 15 is 0 Å². The Morgan fingerprint density at radius 2 is 1.68 bits per heavy atom. The number of nitrogens with zero attached hydrogens (tertiary/aromatic N) is 2. The lowest BCUT2D eigenvalue weighted by Gasteiger charge is -2.15. The fourth-order valence-electron chi connectivity index (χ4n) is 3.12. The van der Waals surface area contributed by atoms with Gasteiger partial charge in [-0.1, -0.05) is 51.8 Å². The number of anilines is 1. The van der Waals surface area contributed by atoms with Gasteiger partial charge in [0.2, 0.25) is 0 Å². The number of hydrogen-bond acceptors (Lipinski definition) is 4. The first kappa shape index (κ1) is 25.1. The van der Waals surface area contributed by atoms with Crippen LogP contribution in [0.3, 0.4) is 0 Å². The predicted octanol–water partition coefficient (Wildman–Crippen LogP) is 8.89. The van der Waals surface area contributed by atoms with Crippen LogP contribution in [0.15, 0.2) is 92.2 Å². The van der Waals surface area contributed by atoms with Crippen LogP contribution in [0, 0.1) is 0 Å². The predicted molar refractivity (Wildman–Crippen MR) is 151 cm³/mol. The third-order valence-electron chi connectivity index (χ3n) is 4.61. The van der Waals surface area contributed by atoms with E-state index in [1.54, 1.807) is 65.6 Å². The molecule has 9 heteroatoms. The van der Waals surface area contributed by atoms with Crippen LogP contribution in [0.5, 0.6) is 5.75 Å². The van der Waals surface area contributed by atoms with Crippen molar-refractivity contribution in [2.45, 2.75) is 0 Å². The van der Waals surface area contributed by atoms with Gasteiger partial charge in [0.15, 0.2) is 5.17 Å². The Bertz CT molecular complexity index is 1310. The zero-order valence-corrected chi connectivity index (χ0v) is 23.0. The van der Waals surface area contributed by atoms with E-state index < -0.39 is 0 Å². The lowest BCUT2D eigenvalue weighted by atomic mass is 10.1. The van der Waals surface area contributed by atoms with Gasteiger partial charge in [0, 0.05) is 20.1 Å². The van der Waals surface area contributed by atoms with Crippen LogP contribution in [0.2, 0.25) is 10.0 Å². The van der Waals surface area contributed by atoms with E-state index in [-0.39, 0.29) is 5.91 Å². The van der Waals surface area contributed by atoms with Gasteiger partial charge in [-0.25, -0.2) is 4.99 Å². The minimum Gasteiger partial charge on any atom is -0.488 e. The minimum atomic E-state index is -0.203. The second-order valence-electron chi connectivity index (χ2n) is 7.00. The molecule has 0 radical (unpaired) electrons. The summed E-state index contributed by atoms with van der Waals surface area (Å²) >= 11 is 20.4. The molecule has 0 atom stereocenters. The van der Waals surface area contributed by atoms with Crippen molar-refractivity contribution in [3.63, 3.8) is 0 Å². The molecule has 172 valence electrons. The fraction of sp³-hybridized carbons (Fsp3) is 0.0400. The summed E-state index contributed by atoms with van der Waals surface area (Å²) in [6.07, 6.45) is 3.47. The molecule has 1 saturated heterocycles. The van der Waals surface area contributed by atoms with Crippen molar-refractivity contribution < 1.29 is 9.53 Å². The number of benzene rings is 3. The average molecular weight is 639 g/mol. The van der Waals surface area contributed by atoms with Crippen molar-refractivity contribution in [2.24, 2.45) is 4.99 Å². The maximum atomic E-state index is 13.6. The van der Waals surface area contributed by atoms with E-state index in [1.807, 2.05) is 12.1 Å². The number of carbonyl (C=O) groups is 1. The summed E-state index contributed by atoms with van der Waals surface area (Å²) in [4.78, 5) is 20.3. The van der Waals surface area contributed by atoms with Crippen molar-refractivity contribution in [1.82, 2.24) is 0 Å². The van der Waals surface area contributed by atoms with Crippen LogP contribution in [0.1, 0.15) is 5.56 Å². The number of hydrogen-bond donors (Lipinski definition) is 0. The van der Waals surface area contributed by atoms with Crippen molar-refractivity contribution in [1.29, 1.82) is 0 Å². The van der Waals surface area contributed by atoms with Gasteiger partial charge in [-0.3, -0.25) is 9.69 Å². The smallest absolute Gasteiger partial charge is 0.271 e. The average Bonchev–Trinajstić information content (AvgIpc) is 3.10. The van der Waals surface area contributed by atoms with E-state index in [9.17, 15) is 4.79 Å². The molecule has 1 aliphatic rings. The lowest BCUT2D eigenvalue weighted by molar-refractivity contribution is -0.113. The summed E-state index contributed by atoms with van der Waals surface area (Å²) in [5, 5.41) is 1.71. The molecule has 3 aromatic carbocycles. The Kier molecular flexibility index (Phi) is 8.22. The van der Waals surface area contributed by atoms with Crippen molar-refractivity contribution in [3.05, 3.63) is 103 Å². The van der Waals surface area contributed by atoms with Crippen LogP contribution in [0.4, 0.5) is 11.4 Å². The minimum absolute atomic E-state index is 0.203. The first-order valence-electron chi connectivity index (χ1n) is 9.92. The van der Waals surface area contributed by atoms with E-state index in [2.05, 4.69) is 38.4 Å². The van der Waals surface area contributed by atoms with Gasteiger partial charge in [0.05, 0.1) is 20.8 Å². The molecule has 3 aromatic rings. The molecule has 0 bridgehead atoms. The zero-order valence-electron chi connectivity index (χ0n) is 17.5. The van der Waals surface area contributed by atoms with Gasteiger partial charge < -0.3 is 4.74 Å². The third-order valence-corrected chi connectivity index (χ3v) is 7.13. The number of carbonyl (C=O) groups excluding carboxylic acids is 1. The molecule has 0 N–H and O–H groups in total. The number of thioether (sulfide) groups is 1. The first-order valence-corrected chi connectivity index (χ1v) is 13.1. The number of rotatable bonds is 6. The van der Waals surface area contributed by atoms with Crippen molar-refractivity contribution >= 4 is 95.3 Å². The summed E-state index contributed by atoms with van der Waals surface area (Å²) in [6, 6.07) is 17.9. The van der Waals surface area contributed by atoms with Crippen molar-refractivity contribution in [2.75, 3.05) is 11.5 Å². The van der Waals surface area contributed by atoms with Gasteiger partial charge in [0.25, 0.3) is 5.91 Å². The zero-order chi connectivity index (χ0) is 24.2. The first-order chi connectivity index (χ1) is 16.4. The Morgan fingerprint density at radius 1 is 1.03 bits per heavy atom. The summed E-state index contributed by atoms with van der Waals surface area (Å²) in [5.41, 5.74) is 2.08. The molecule has 1 fully saturated rings. The Morgan fingerprint density at radius 3 is 2.32 bits per heavy atom. The molecular weight excluding hydrogens is 623 g/mol. The molecule has 1 amide bonds. The molecule has 1 heterocycles. The second-order valence-corrected chi connectivity index (χ2v) is 10.7. The molecule has 4 rings (SSSR count). The Hall–Kier alpha value is -2.03. The van der Waals surface area contributed by atoms with Crippen LogP contribution in [-0.2, 0) is 4.79 Å². The van der Waals surface area contributed by atoms with Crippen LogP contribution in [0.25, 0.3) is 6.08 Å². The molecule has 0 spiro atoms. The molecule has 0 saturated carbocycles. The topological polar surface area (TPSA) is 41.9 Å². The monoisotopic (exact) mass is 636 g/mol. The standard InChI is InChI=1S/C25H16Br2Cl2N2O2S/c1-2-11-33-23-15(12-16(26)14-21(23)27)13-22-24(32)31(20-9-5-18(29)6-10-20)25(34-22)30-19-7-3-17(28)4-8-19/h2-10,12-14H,1,11H2/b22-13-,30-25?. The number of ether oxygens (including phenoxy) is 1. The summed E-state index contributed by atoms with van der Waals surface area (Å²) in [6.45, 7) is 4.04. The highest BCUT2D eigenvalue weighted by Gasteiger charge is 2.35. The number of amidine groups is 1. The Balaban J connectivity index is 1.80. The van der Waals surface area contributed by atoms with E-state index in [0.29, 0.717) is 43.8 Å². The number of amides is 1. The SMILES string of the molecule is C=CCOc1c(Br)cc(Br)cc1/C=C1\SC(=Nc2ccc(Cl)cc2)N(c2ccc(Cl)cc2)C1=O. The normalized spacial score (nSPS) is 15.9. The molecule has 4 nitrogen and oxygen atoms in total.